The summed E-state index contributed by atoms with van der Waals surface area (Å²) in [5.41, 5.74) is 3.11. The van der Waals surface area contributed by atoms with Crippen molar-refractivity contribution >= 4 is 33.2 Å². The number of rotatable bonds is 6. The molecule has 0 unspecified atom stereocenters. The second kappa shape index (κ2) is 7.93. The number of benzene rings is 2. The zero-order chi connectivity index (χ0) is 21.1. The second-order valence-corrected chi connectivity index (χ2v) is 8.11. The van der Waals surface area contributed by atoms with Crippen molar-refractivity contribution in [2.45, 2.75) is 11.8 Å². The number of nitrogens with zero attached hydrogens (tertiary/aromatic N) is 4. The smallest absolute Gasteiger partial charge is 0.238 e. The van der Waals surface area contributed by atoms with Gasteiger partial charge in [-0.15, -0.1) is 0 Å². The average molecular weight is 421 g/mol. The molecule has 0 fully saturated rings. The summed E-state index contributed by atoms with van der Waals surface area (Å²) in [6.45, 7) is 1.86. The van der Waals surface area contributed by atoms with Gasteiger partial charge in [-0.05, 0) is 55.5 Å². The predicted molar refractivity (Wildman–Crippen MR) is 115 cm³/mol. The summed E-state index contributed by atoms with van der Waals surface area (Å²) < 4.78 is 24.9. The molecular weight excluding hydrogens is 402 g/mol. The van der Waals surface area contributed by atoms with Gasteiger partial charge in [0.05, 0.1) is 10.6 Å². The van der Waals surface area contributed by atoms with Gasteiger partial charge in [-0.1, -0.05) is 6.07 Å². The van der Waals surface area contributed by atoms with Gasteiger partial charge in [0.25, 0.3) is 0 Å². The molecule has 2 aromatic carbocycles. The number of hydrogen-bond acceptors (Lipinski definition) is 7. The highest BCUT2D eigenvalue weighted by Gasteiger charge is 2.10. The summed E-state index contributed by atoms with van der Waals surface area (Å²) in [6.07, 6.45) is 5.27. The molecule has 152 valence electrons. The molecule has 0 saturated carbocycles. The van der Waals surface area contributed by atoms with Gasteiger partial charge in [0.1, 0.15) is 5.82 Å². The van der Waals surface area contributed by atoms with Crippen LogP contribution in [0.4, 0.5) is 23.1 Å². The lowest BCUT2D eigenvalue weighted by Crippen LogP contribution is -2.12. The van der Waals surface area contributed by atoms with Crippen LogP contribution in [0.5, 0.6) is 0 Å². The number of primary sulfonamides is 1. The number of aromatic nitrogens is 4. The minimum Gasteiger partial charge on any atom is -0.340 e. The molecule has 4 aromatic rings. The van der Waals surface area contributed by atoms with E-state index in [0.717, 1.165) is 16.9 Å². The lowest BCUT2D eigenvalue weighted by Gasteiger charge is -2.12. The third-order valence-electron chi connectivity index (χ3n) is 4.29. The Balaban J connectivity index is 1.54. The SMILES string of the molecule is Cc1cnc(Nc2ccc(-n3cccn3)cc2)nc1Nc1cccc(S(N)(=O)=O)c1. The standard InChI is InChI=1S/C20H19N7O2S/c1-14-13-22-20(25-15-6-8-17(9-7-15)27-11-3-10-23-27)26-19(14)24-16-4-2-5-18(12-16)30(21,28)29/h2-13H,1H3,(H2,21,28,29)(H2,22,24,25,26). The van der Waals surface area contributed by atoms with Crippen LogP contribution in [0, 0.1) is 6.92 Å². The molecule has 30 heavy (non-hydrogen) atoms. The van der Waals surface area contributed by atoms with E-state index in [9.17, 15) is 8.42 Å². The number of sulfonamides is 1. The Bertz CT molecular complexity index is 1270. The fourth-order valence-corrected chi connectivity index (χ4v) is 3.32. The number of nitrogens with one attached hydrogen (secondary N) is 2. The van der Waals surface area contributed by atoms with E-state index >= 15 is 0 Å². The van der Waals surface area contributed by atoms with E-state index in [1.165, 1.54) is 12.1 Å². The molecule has 0 saturated heterocycles. The van der Waals surface area contributed by atoms with Gasteiger partial charge in [0.15, 0.2) is 0 Å². The van der Waals surface area contributed by atoms with Crippen molar-refractivity contribution in [2.75, 3.05) is 10.6 Å². The van der Waals surface area contributed by atoms with Crippen molar-refractivity contribution in [3.05, 3.63) is 78.8 Å². The van der Waals surface area contributed by atoms with Crippen LogP contribution in [0.3, 0.4) is 0 Å². The minimum atomic E-state index is -3.79. The van der Waals surface area contributed by atoms with Gasteiger partial charge in [0.2, 0.25) is 16.0 Å². The molecule has 2 heterocycles. The van der Waals surface area contributed by atoms with Crippen LogP contribution < -0.4 is 15.8 Å². The van der Waals surface area contributed by atoms with Crippen LogP contribution in [0.15, 0.2) is 78.1 Å². The Morgan fingerprint density at radius 2 is 1.80 bits per heavy atom. The van der Waals surface area contributed by atoms with E-state index in [1.54, 1.807) is 29.2 Å². The summed E-state index contributed by atoms with van der Waals surface area (Å²) in [6, 6.07) is 15.8. The van der Waals surface area contributed by atoms with E-state index < -0.39 is 10.0 Å². The summed E-state index contributed by atoms with van der Waals surface area (Å²) in [5, 5.41) is 15.7. The van der Waals surface area contributed by atoms with Crippen LogP contribution >= 0.6 is 0 Å². The third kappa shape index (κ3) is 4.45. The third-order valence-corrected chi connectivity index (χ3v) is 5.20. The summed E-state index contributed by atoms with van der Waals surface area (Å²) in [5.74, 6) is 0.949. The van der Waals surface area contributed by atoms with Crippen molar-refractivity contribution in [1.82, 2.24) is 19.7 Å². The largest absolute Gasteiger partial charge is 0.340 e. The van der Waals surface area contributed by atoms with E-state index in [-0.39, 0.29) is 4.90 Å². The van der Waals surface area contributed by atoms with Crippen molar-refractivity contribution in [2.24, 2.45) is 5.14 Å². The van der Waals surface area contributed by atoms with Gasteiger partial charge in [-0.3, -0.25) is 0 Å². The van der Waals surface area contributed by atoms with Gasteiger partial charge in [-0.2, -0.15) is 10.1 Å². The van der Waals surface area contributed by atoms with Crippen molar-refractivity contribution in [3.63, 3.8) is 0 Å². The lowest BCUT2D eigenvalue weighted by atomic mass is 10.3. The van der Waals surface area contributed by atoms with Crippen LogP contribution in [-0.2, 0) is 10.0 Å². The van der Waals surface area contributed by atoms with Gasteiger partial charge < -0.3 is 10.6 Å². The zero-order valence-corrected chi connectivity index (χ0v) is 16.8. The molecule has 4 N–H and O–H groups in total. The second-order valence-electron chi connectivity index (χ2n) is 6.55. The summed E-state index contributed by atoms with van der Waals surface area (Å²) >= 11 is 0. The molecule has 0 spiro atoms. The number of nitrogens with two attached hydrogens (primary N) is 1. The molecule has 0 bridgehead atoms. The molecule has 4 rings (SSSR count). The van der Waals surface area contributed by atoms with Gasteiger partial charge >= 0.3 is 0 Å². The minimum absolute atomic E-state index is 0.0230. The first-order valence-electron chi connectivity index (χ1n) is 8.99. The Morgan fingerprint density at radius 1 is 1.00 bits per heavy atom. The van der Waals surface area contributed by atoms with Crippen LogP contribution in [0.2, 0.25) is 0 Å². The number of aryl methyl sites for hydroxylation is 1. The maximum atomic E-state index is 11.6. The van der Waals surface area contributed by atoms with Gasteiger partial charge in [-0.25, -0.2) is 23.2 Å². The topological polar surface area (TPSA) is 128 Å². The van der Waals surface area contributed by atoms with Crippen molar-refractivity contribution < 1.29 is 8.42 Å². The Hall–Kier alpha value is -3.76. The first-order chi connectivity index (χ1) is 14.4. The normalized spacial score (nSPS) is 11.3. The average Bonchev–Trinajstić information content (AvgIpc) is 3.26. The monoisotopic (exact) mass is 421 g/mol. The first kappa shape index (κ1) is 19.6. The Labute approximate surface area is 173 Å². The molecule has 0 amide bonds. The van der Waals surface area contributed by atoms with E-state index in [0.29, 0.717) is 17.5 Å². The van der Waals surface area contributed by atoms with E-state index in [2.05, 4.69) is 25.7 Å². The van der Waals surface area contributed by atoms with Crippen LogP contribution in [-0.4, -0.2) is 28.2 Å². The maximum Gasteiger partial charge on any atom is 0.238 e. The number of hydrogen-bond donors (Lipinski definition) is 3. The van der Waals surface area contributed by atoms with Crippen LogP contribution in [0.25, 0.3) is 5.69 Å². The van der Waals surface area contributed by atoms with E-state index in [1.807, 2.05) is 43.5 Å². The predicted octanol–water partition coefficient (Wildman–Crippen LogP) is 3.11. The van der Waals surface area contributed by atoms with Crippen molar-refractivity contribution in [1.29, 1.82) is 0 Å². The highest BCUT2D eigenvalue weighted by atomic mass is 32.2. The Kier molecular flexibility index (Phi) is 5.17. The number of anilines is 4. The quantitative estimate of drug-likeness (QED) is 0.436. The molecule has 0 aliphatic carbocycles. The fraction of sp³-hybridized carbons (Fsp3) is 0.0500. The molecule has 0 aliphatic rings. The first-order valence-corrected chi connectivity index (χ1v) is 10.5. The van der Waals surface area contributed by atoms with Crippen LogP contribution in [0.1, 0.15) is 5.56 Å². The molecule has 2 aromatic heterocycles. The maximum absolute atomic E-state index is 11.6. The van der Waals surface area contributed by atoms with Gasteiger partial charge in [0, 0.05) is 35.5 Å². The highest BCUT2D eigenvalue weighted by molar-refractivity contribution is 7.89. The molecule has 0 aliphatic heterocycles. The molecule has 0 radical (unpaired) electrons. The lowest BCUT2D eigenvalue weighted by molar-refractivity contribution is 0.598. The summed E-state index contributed by atoms with van der Waals surface area (Å²) in [4.78, 5) is 8.83. The van der Waals surface area contributed by atoms with E-state index in [4.69, 9.17) is 5.14 Å². The summed E-state index contributed by atoms with van der Waals surface area (Å²) in [7, 11) is -3.79. The molecule has 0 atom stereocenters. The molecule has 10 heteroatoms. The zero-order valence-electron chi connectivity index (χ0n) is 16.0. The molecule has 9 nitrogen and oxygen atoms in total. The molecular formula is C20H19N7O2S. The Morgan fingerprint density at radius 3 is 2.50 bits per heavy atom. The van der Waals surface area contributed by atoms with Crippen molar-refractivity contribution in [3.8, 4) is 5.69 Å². The highest BCUT2D eigenvalue weighted by Crippen LogP contribution is 2.23. The fourth-order valence-electron chi connectivity index (χ4n) is 2.76.